The van der Waals surface area contributed by atoms with Crippen LogP contribution in [0, 0.1) is 0 Å². The van der Waals surface area contributed by atoms with Crippen LogP contribution in [0.2, 0.25) is 0 Å². The van der Waals surface area contributed by atoms with E-state index >= 15 is 0 Å². The highest BCUT2D eigenvalue weighted by atomic mass is 32.2. The second kappa shape index (κ2) is 47.0. The lowest BCUT2D eigenvalue weighted by Gasteiger charge is -2.40. The maximum absolute atomic E-state index is 10.7. The lowest BCUT2D eigenvalue weighted by Crippen LogP contribution is -2.50. The highest BCUT2D eigenvalue weighted by Crippen LogP contribution is 2.28. The van der Waals surface area contributed by atoms with Gasteiger partial charge in [-0.2, -0.15) is 0 Å². The summed E-state index contributed by atoms with van der Waals surface area (Å²) < 4.78 is 1.49. The fourth-order valence-electron chi connectivity index (χ4n) is 9.88. The number of aromatic carboxylic acids is 2. The molecule has 0 heterocycles. The second-order valence-corrected chi connectivity index (χ2v) is 21.9. The van der Waals surface area contributed by atoms with Crippen LogP contribution in [0.5, 0.6) is 0 Å². The van der Waals surface area contributed by atoms with Crippen LogP contribution < -0.4 is 0 Å². The first-order chi connectivity index (χ1) is 33.3. The Morgan fingerprint density at radius 2 is 0.485 bits per heavy atom. The van der Waals surface area contributed by atoms with E-state index in [0.29, 0.717) is 0 Å². The van der Waals surface area contributed by atoms with Gasteiger partial charge in [0, 0.05) is 9.79 Å². The van der Waals surface area contributed by atoms with Crippen molar-refractivity contribution in [1.29, 1.82) is 0 Å². The Kier molecular flexibility index (Phi) is 44.1. The first kappa shape index (κ1) is 63.7. The van der Waals surface area contributed by atoms with Crippen molar-refractivity contribution in [3.05, 3.63) is 59.7 Å². The molecule has 0 spiro atoms. The van der Waals surface area contributed by atoms with E-state index in [-0.39, 0.29) is 11.1 Å². The number of hydrogen-bond acceptors (Lipinski definition) is 3. The molecule has 0 unspecified atom stereocenters. The van der Waals surface area contributed by atoms with E-state index < -0.39 is 11.9 Å². The molecule has 2 N–H and O–H groups in total. The van der Waals surface area contributed by atoms with Gasteiger partial charge in [0.15, 0.2) is 0 Å². The van der Waals surface area contributed by atoms with Crippen molar-refractivity contribution in [3.63, 3.8) is 0 Å². The number of nitrogens with zero attached hydrogens (tertiary/aromatic N) is 1. The minimum absolute atomic E-state index is 0.241. The topological polar surface area (TPSA) is 74.6 Å². The van der Waals surface area contributed by atoms with Crippen molar-refractivity contribution in [2.45, 2.75) is 294 Å². The molecule has 392 valence electrons. The summed E-state index contributed by atoms with van der Waals surface area (Å²) in [4.78, 5) is 23.2. The van der Waals surface area contributed by atoms with Gasteiger partial charge in [0.1, 0.15) is 0 Å². The fraction of sp³-hybridized carbons (Fsp3) is 0.774. The van der Waals surface area contributed by atoms with Crippen molar-refractivity contribution >= 4 is 23.7 Å². The lowest BCUT2D eigenvalue weighted by molar-refractivity contribution is -0.929. The monoisotopic (exact) mass is 965 g/mol. The summed E-state index contributed by atoms with van der Waals surface area (Å²) in [5.74, 6) is -1.91. The quantitative estimate of drug-likeness (QED) is 0.0511. The van der Waals surface area contributed by atoms with Gasteiger partial charge < -0.3 is 14.7 Å². The van der Waals surface area contributed by atoms with Gasteiger partial charge >= 0.3 is 11.9 Å². The maximum atomic E-state index is 10.7. The van der Waals surface area contributed by atoms with Gasteiger partial charge in [-0.25, -0.2) is 9.59 Å². The van der Waals surface area contributed by atoms with Crippen LogP contribution in [-0.4, -0.2) is 52.8 Å². The molecule has 68 heavy (non-hydrogen) atoms. The van der Waals surface area contributed by atoms with Gasteiger partial charge in [-0.15, -0.1) is 0 Å². The molecule has 5 nitrogen and oxygen atoms in total. The van der Waals surface area contributed by atoms with Gasteiger partial charge in [-0.1, -0.05) is 245 Å². The van der Waals surface area contributed by atoms with Crippen LogP contribution in [-0.2, 0) is 0 Å². The minimum Gasteiger partial charge on any atom is -0.478 e. The Labute approximate surface area is 426 Å². The number of carboxylic acids is 2. The lowest BCUT2D eigenvalue weighted by atomic mass is 10.0. The second-order valence-electron chi connectivity index (χ2n) is 20.7. The van der Waals surface area contributed by atoms with Gasteiger partial charge in [-0.05, 0) is 99.9 Å². The van der Waals surface area contributed by atoms with Crippen LogP contribution in [0.15, 0.2) is 58.3 Å². The zero-order valence-corrected chi connectivity index (χ0v) is 46.1. The summed E-state index contributed by atoms with van der Waals surface area (Å²) >= 11 is 1.44. The highest BCUT2D eigenvalue weighted by Gasteiger charge is 2.26. The largest absolute Gasteiger partial charge is 0.478 e. The molecule has 0 atom stereocenters. The third-order valence-electron chi connectivity index (χ3n) is 14.4. The van der Waals surface area contributed by atoms with Crippen LogP contribution in [0.25, 0.3) is 0 Å². The van der Waals surface area contributed by atoms with Crippen molar-refractivity contribution in [1.82, 2.24) is 0 Å². The Morgan fingerprint density at radius 3 is 0.662 bits per heavy atom. The number of carboxylic acid groups (broad SMARTS) is 2. The van der Waals surface area contributed by atoms with E-state index in [1.165, 1.54) is 324 Å². The van der Waals surface area contributed by atoms with Crippen molar-refractivity contribution in [2.75, 3.05) is 26.2 Å². The number of hydrogen-bond donors (Lipinski definition) is 2. The Hall–Kier alpha value is -2.31. The Morgan fingerprint density at radius 1 is 0.309 bits per heavy atom. The average Bonchev–Trinajstić information content (AvgIpc) is 3.34. The van der Waals surface area contributed by atoms with E-state index in [9.17, 15) is 9.59 Å². The molecule has 0 aliphatic heterocycles. The van der Waals surface area contributed by atoms with E-state index in [4.69, 9.17) is 10.2 Å². The summed E-state index contributed by atoms with van der Waals surface area (Å²) in [6.07, 6.45) is 58.7. The third kappa shape index (κ3) is 37.5. The van der Waals surface area contributed by atoms with E-state index in [1.54, 1.807) is 24.3 Å². The van der Waals surface area contributed by atoms with Crippen LogP contribution in [0.3, 0.4) is 0 Å². The van der Waals surface area contributed by atoms with Crippen LogP contribution >= 0.6 is 11.8 Å². The minimum atomic E-state index is -0.956. The predicted octanol–water partition coefficient (Wildman–Crippen LogP) is 20.7. The SMILES string of the molecule is CCCCCCCCCCCC[N+](CCCCCCCCCCCC)(CCCCCCCCCCCC)CCCCCCCCCCCC.O=C(O)c1ccc(Sc2ccc(C(=O)O)cc2)cc1. The summed E-state index contributed by atoms with van der Waals surface area (Å²) in [5.41, 5.74) is 0.483. The molecule has 0 aliphatic carbocycles. The Bertz CT molecular complexity index is 1240. The summed E-state index contributed by atoms with van der Waals surface area (Å²) in [6, 6.07) is 13.0. The van der Waals surface area contributed by atoms with Crippen LogP contribution in [0.4, 0.5) is 0 Å². The first-order valence-electron chi connectivity index (χ1n) is 29.5. The molecular formula is C62H110NO4S+. The van der Waals surface area contributed by atoms with E-state index in [0.717, 1.165) is 9.79 Å². The fourth-order valence-corrected chi connectivity index (χ4v) is 10.7. The van der Waals surface area contributed by atoms with Crippen LogP contribution in [0.1, 0.15) is 305 Å². The maximum Gasteiger partial charge on any atom is 0.335 e. The zero-order chi connectivity index (χ0) is 49.4. The number of unbranched alkanes of at least 4 members (excludes halogenated alkanes) is 36. The molecule has 0 bridgehead atoms. The molecule has 0 saturated carbocycles. The highest BCUT2D eigenvalue weighted by molar-refractivity contribution is 7.99. The summed E-state index contributed by atoms with van der Waals surface area (Å²) in [7, 11) is 0. The predicted molar refractivity (Wildman–Crippen MR) is 298 cm³/mol. The molecule has 0 radical (unpaired) electrons. The van der Waals surface area contributed by atoms with Gasteiger partial charge in [-0.3, -0.25) is 0 Å². The molecule has 0 amide bonds. The molecule has 0 aliphatic rings. The molecule has 2 rings (SSSR count). The molecule has 0 fully saturated rings. The molecule has 6 heteroatoms. The van der Waals surface area contributed by atoms with E-state index in [2.05, 4.69) is 27.7 Å². The first-order valence-corrected chi connectivity index (χ1v) is 30.3. The third-order valence-corrected chi connectivity index (χ3v) is 15.4. The molecular weight excluding hydrogens is 855 g/mol. The Balaban J connectivity index is 0.000000998. The normalized spacial score (nSPS) is 11.5. The van der Waals surface area contributed by atoms with Crippen molar-refractivity contribution < 1.29 is 24.3 Å². The molecule has 0 saturated heterocycles. The molecule has 0 aromatic heterocycles. The smallest absolute Gasteiger partial charge is 0.335 e. The molecule has 2 aromatic rings. The number of carbonyl (C=O) groups is 2. The summed E-state index contributed by atoms with van der Waals surface area (Å²) in [5, 5.41) is 17.6. The zero-order valence-electron chi connectivity index (χ0n) is 45.3. The summed E-state index contributed by atoms with van der Waals surface area (Å²) in [6.45, 7) is 15.3. The molecule has 2 aromatic carbocycles. The van der Waals surface area contributed by atoms with Gasteiger partial charge in [0.2, 0.25) is 0 Å². The standard InChI is InChI=1S/C48H100N.C14H10O4S/c1-5-9-13-17-21-25-29-33-37-41-45-49(46-42-38-34-30-26-22-18-14-10-6-2,47-43-39-35-31-27-23-19-15-11-7-3)48-44-40-36-32-28-24-20-16-12-8-4;15-13(16)9-1-5-11(6-2-9)19-12-7-3-10(4-8-12)14(17)18/h5-48H2,1-4H3;1-8H,(H,15,16)(H,17,18)/q+1;. The van der Waals surface area contributed by atoms with Gasteiger partial charge in [0.05, 0.1) is 37.3 Å². The van der Waals surface area contributed by atoms with Crippen molar-refractivity contribution in [2.24, 2.45) is 0 Å². The average molecular weight is 966 g/mol. The van der Waals surface area contributed by atoms with Gasteiger partial charge in [0.25, 0.3) is 0 Å². The number of benzene rings is 2. The van der Waals surface area contributed by atoms with E-state index in [1.807, 2.05) is 0 Å². The van der Waals surface area contributed by atoms with Crippen molar-refractivity contribution in [3.8, 4) is 0 Å². The number of quaternary nitrogens is 1. The number of rotatable bonds is 48.